The Balaban J connectivity index is 4.35. The monoisotopic (exact) mass is 541 g/mol. The minimum absolute atomic E-state index is 0.896. The van der Waals surface area contributed by atoms with Crippen LogP contribution in [0.2, 0.25) is 0 Å². The van der Waals surface area contributed by atoms with Crippen molar-refractivity contribution in [3.8, 4) is 0 Å². The molecule has 38 heavy (non-hydrogen) atoms. The number of aliphatic hydroxyl groups excluding tert-OH is 1. The van der Waals surface area contributed by atoms with Crippen molar-refractivity contribution in [2.24, 2.45) is 26.8 Å². The van der Waals surface area contributed by atoms with Crippen molar-refractivity contribution >= 4 is 23.1 Å². The molecular weight excluding hydrogens is 498 g/mol. The van der Waals surface area contributed by atoms with E-state index >= 15 is 0 Å². The number of ketones is 4. The molecular formula is C26H43N3O9. The molecule has 1 unspecified atom stereocenters. The Kier molecular flexibility index (Phi) is 8.69. The van der Waals surface area contributed by atoms with Crippen molar-refractivity contribution < 1.29 is 44.3 Å². The number of nitrogens with zero attached hydrogens (tertiary/aromatic N) is 3. The summed E-state index contributed by atoms with van der Waals surface area (Å²) in [5, 5.41) is 50.6. The third kappa shape index (κ3) is 5.17. The molecule has 12 nitrogen and oxygen atoms in total. The molecule has 0 aromatic carbocycles. The molecule has 1 aliphatic heterocycles. The van der Waals surface area contributed by atoms with E-state index in [2.05, 4.69) is 10.0 Å². The Labute approximate surface area is 223 Å². The van der Waals surface area contributed by atoms with Gasteiger partial charge in [-0.25, -0.2) is 0 Å². The topological polar surface area (TPSA) is 207 Å². The first-order valence-corrected chi connectivity index (χ1v) is 12.3. The van der Waals surface area contributed by atoms with E-state index in [1.807, 2.05) is 0 Å². The number of aliphatic hydroxyl groups is 4. The number of hydrogen-bond donors (Lipinski definition) is 4. The zero-order valence-corrected chi connectivity index (χ0v) is 24.4. The lowest BCUT2D eigenvalue weighted by Gasteiger charge is -2.46. The number of rotatable bonds is 7. The van der Waals surface area contributed by atoms with Gasteiger partial charge in [-0.05, 0) is 5.53 Å². The average molecular weight is 542 g/mol. The van der Waals surface area contributed by atoms with Crippen LogP contribution >= 0.6 is 0 Å². The first-order valence-electron chi connectivity index (χ1n) is 12.3. The molecule has 0 aromatic heterocycles. The van der Waals surface area contributed by atoms with E-state index in [0.29, 0.717) is 0 Å². The number of Topliss-reactive ketones (excluding diaryl/α,β-unsaturated/α-hetero) is 4. The van der Waals surface area contributed by atoms with Gasteiger partial charge in [0.2, 0.25) is 11.4 Å². The minimum atomic E-state index is -3.65. The van der Waals surface area contributed by atoms with Gasteiger partial charge in [0.05, 0.1) is 0 Å². The number of azide groups is 1. The summed E-state index contributed by atoms with van der Waals surface area (Å²) >= 11 is 0. The maximum Gasteiger partial charge on any atom is 0.268 e. The Bertz CT molecular complexity index is 1050. The normalized spacial score (nSPS) is 30.3. The minimum Gasteiger partial charge on any atom is -0.385 e. The van der Waals surface area contributed by atoms with Gasteiger partial charge in [0.15, 0.2) is 23.0 Å². The fourth-order valence-corrected chi connectivity index (χ4v) is 4.54. The summed E-state index contributed by atoms with van der Waals surface area (Å²) in [4.78, 5) is 57.1. The molecule has 1 heterocycles. The predicted molar refractivity (Wildman–Crippen MR) is 137 cm³/mol. The second kappa shape index (κ2) is 9.76. The Morgan fingerprint density at radius 2 is 1.16 bits per heavy atom. The van der Waals surface area contributed by atoms with Crippen LogP contribution in [-0.4, -0.2) is 78.8 Å². The number of carbonyl (C=O) groups is 4. The molecule has 0 radical (unpaired) electrons. The standard InChI is InChI=1S/C26H43N3O9/c1-20(2,3)15(31)14(30)13(28-29-27)16-24(35,17(32)21(4,5)6)25(36,18(33)22(7,8)9)26(37,38-16)19(34)23(10,11)12/h13-14,16,30,35-37H,1-12H3/t13-,14?,16-,24+,25+,26+/m1/s1. The summed E-state index contributed by atoms with van der Waals surface area (Å²) in [5.41, 5.74) is -3.66. The van der Waals surface area contributed by atoms with Crippen LogP contribution in [0.25, 0.3) is 10.4 Å². The lowest BCUT2D eigenvalue weighted by Crippen LogP contribution is -2.77. The van der Waals surface area contributed by atoms with E-state index in [-0.39, 0.29) is 0 Å². The molecule has 216 valence electrons. The van der Waals surface area contributed by atoms with E-state index in [1.165, 1.54) is 83.1 Å². The van der Waals surface area contributed by atoms with Gasteiger partial charge in [-0.1, -0.05) is 88.2 Å². The highest BCUT2D eigenvalue weighted by molar-refractivity contribution is 6.10. The first-order chi connectivity index (χ1) is 16.6. The first kappa shape index (κ1) is 33.8. The van der Waals surface area contributed by atoms with Gasteiger partial charge in [0, 0.05) is 26.6 Å². The maximum atomic E-state index is 13.9. The zero-order valence-electron chi connectivity index (χ0n) is 24.4. The number of hydrogen-bond acceptors (Lipinski definition) is 10. The Hall–Kier alpha value is -2.21. The largest absolute Gasteiger partial charge is 0.385 e. The van der Waals surface area contributed by atoms with Crippen LogP contribution in [0.3, 0.4) is 0 Å². The third-order valence-electron chi connectivity index (χ3n) is 6.60. The van der Waals surface area contributed by atoms with Crippen LogP contribution in [0.1, 0.15) is 83.1 Å². The van der Waals surface area contributed by atoms with Crippen LogP contribution in [0, 0.1) is 21.7 Å². The second-order valence-corrected chi connectivity index (χ2v) is 14.2. The predicted octanol–water partition coefficient (Wildman–Crippen LogP) is 2.04. The Morgan fingerprint density at radius 3 is 1.47 bits per heavy atom. The van der Waals surface area contributed by atoms with Crippen LogP contribution in [-0.2, 0) is 23.9 Å². The molecule has 0 spiro atoms. The highest BCUT2D eigenvalue weighted by atomic mass is 16.7. The summed E-state index contributed by atoms with van der Waals surface area (Å²) in [6, 6.07) is -2.15. The molecule has 1 rings (SSSR count). The van der Waals surface area contributed by atoms with Gasteiger partial charge < -0.3 is 25.2 Å². The van der Waals surface area contributed by atoms with Crippen molar-refractivity contribution in [1.82, 2.24) is 0 Å². The smallest absolute Gasteiger partial charge is 0.268 e. The van der Waals surface area contributed by atoms with Crippen LogP contribution in [0.15, 0.2) is 5.11 Å². The van der Waals surface area contributed by atoms with Gasteiger partial charge in [0.25, 0.3) is 5.79 Å². The van der Waals surface area contributed by atoms with Gasteiger partial charge in [-0.3, -0.25) is 19.2 Å². The summed E-state index contributed by atoms with van der Waals surface area (Å²) in [6.07, 6.45) is -4.63. The quantitative estimate of drug-likeness (QED) is 0.211. The van der Waals surface area contributed by atoms with Crippen molar-refractivity contribution in [2.45, 2.75) is 118 Å². The van der Waals surface area contributed by atoms with E-state index in [1.54, 1.807) is 0 Å². The highest BCUT2D eigenvalue weighted by Gasteiger charge is 2.84. The van der Waals surface area contributed by atoms with E-state index in [0.717, 1.165) is 0 Å². The van der Waals surface area contributed by atoms with Crippen molar-refractivity contribution in [3.63, 3.8) is 0 Å². The molecule has 1 aliphatic rings. The van der Waals surface area contributed by atoms with E-state index in [4.69, 9.17) is 4.74 Å². The van der Waals surface area contributed by atoms with Gasteiger partial charge in [-0.15, -0.1) is 0 Å². The lowest BCUT2D eigenvalue weighted by atomic mass is 9.59. The van der Waals surface area contributed by atoms with Crippen molar-refractivity contribution in [3.05, 3.63) is 10.4 Å². The fraction of sp³-hybridized carbons (Fsp3) is 0.846. The maximum absolute atomic E-state index is 13.9. The molecule has 0 saturated carbocycles. The molecule has 12 heteroatoms. The second-order valence-electron chi connectivity index (χ2n) is 14.2. The third-order valence-corrected chi connectivity index (χ3v) is 6.60. The molecule has 4 N–H and O–H groups in total. The molecule has 0 bridgehead atoms. The highest BCUT2D eigenvalue weighted by Crippen LogP contribution is 2.55. The van der Waals surface area contributed by atoms with Crippen molar-refractivity contribution in [1.29, 1.82) is 0 Å². The molecule has 6 atom stereocenters. The fourth-order valence-electron chi connectivity index (χ4n) is 4.54. The average Bonchev–Trinajstić information content (AvgIpc) is 2.92. The Morgan fingerprint density at radius 1 is 0.763 bits per heavy atom. The van der Waals surface area contributed by atoms with Gasteiger partial charge >= 0.3 is 0 Å². The van der Waals surface area contributed by atoms with Crippen LogP contribution in [0.5, 0.6) is 0 Å². The van der Waals surface area contributed by atoms with Crippen molar-refractivity contribution in [2.75, 3.05) is 0 Å². The zero-order chi connectivity index (χ0) is 30.7. The molecule has 1 fully saturated rings. The van der Waals surface area contributed by atoms with Crippen LogP contribution in [0.4, 0.5) is 0 Å². The summed E-state index contributed by atoms with van der Waals surface area (Å²) in [7, 11) is 0. The molecule has 0 aromatic rings. The molecule has 1 saturated heterocycles. The lowest BCUT2D eigenvalue weighted by molar-refractivity contribution is -0.259. The summed E-state index contributed by atoms with van der Waals surface area (Å²) in [5.74, 6) is -8.31. The SMILES string of the molecule is CC(C)(C)C(=O)C(O)[C@@H](N=[N+]=[N-])[C@H]1O[C@@](O)(C(=O)C(C)(C)C)[C@](O)(C(=O)C(C)(C)C)[C@@]1(O)C(=O)C(C)(C)C. The van der Waals surface area contributed by atoms with Gasteiger partial charge in [-0.2, -0.15) is 0 Å². The number of carbonyl (C=O) groups excluding carboxylic acids is 4. The van der Waals surface area contributed by atoms with Crippen LogP contribution < -0.4 is 0 Å². The molecule has 0 aliphatic carbocycles. The van der Waals surface area contributed by atoms with Gasteiger partial charge in [0.1, 0.15) is 18.2 Å². The van der Waals surface area contributed by atoms with E-state index in [9.17, 15) is 45.1 Å². The summed E-state index contributed by atoms with van der Waals surface area (Å²) in [6.45, 7) is 16.4. The molecule has 0 amide bonds. The summed E-state index contributed by atoms with van der Waals surface area (Å²) < 4.78 is 5.59. The number of ether oxygens (including phenoxy) is 1. The van der Waals surface area contributed by atoms with E-state index < -0.39 is 80.0 Å².